The Balaban J connectivity index is 2.61. The fraction of sp³-hybridized carbons (Fsp3) is 0.250. The monoisotopic (exact) mass is 273 g/mol. The molecule has 4 heteroatoms. The van der Waals surface area contributed by atoms with E-state index in [0.717, 1.165) is 11.1 Å². The normalized spacial score (nSPS) is 10.8. The summed E-state index contributed by atoms with van der Waals surface area (Å²) in [6.45, 7) is 7.29. The molecule has 106 valence electrons. The molecule has 0 aliphatic carbocycles. The maximum atomic E-state index is 11.8. The summed E-state index contributed by atoms with van der Waals surface area (Å²) in [4.78, 5) is 22.4. The summed E-state index contributed by atoms with van der Waals surface area (Å²) < 4.78 is 4.74. The van der Waals surface area contributed by atoms with Crippen molar-refractivity contribution in [2.45, 2.75) is 13.8 Å². The molecule has 0 atom stereocenters. The van der Waals surface area contributed by atoms with E-state index in [1.807, 2.05) is 24.3 Å². The van der Waals surface area contributed by atoms with Crippen LogP contribution in [-0.2, 0) is 14.3 Å². The number of carbonyl (C=O) groups excluding carboxylic acids is 2. The van der Waals surface area contributed by atoms with Crippen molar-refractivity contribution in [3.8, 4) is 0 Å². The lowest BCUT2D eigenvalue weighted by Crippen LogP contribution is -2.28. The van der Waals surface area contributed by atoms with Gasteiger partial charge in [-0.15, -0.1) is 0 Å². The Bertz CT molecular complexity index is 532. The third-order valence-electron chi connectivity index (χ3n) is 2.64. The van der Waals surface area contributed by atoms with Crippen LogP contribution in [0, 0.1) is 0 Å². The van der Waals surface area contributed by atoms with Gasteiger partial charge >= 0.3 is 5.97 Å². The summed E-state index contributed by atoms with van der Waals surface area (Å²) in [5.41, 5.74) is 2.50. The lowest BCUT2D eigenvalue weighted by Gasteiger charge is -2.06. The first-order valence-electron chi connectivity index (χ1n) is 6.36. The van der Waals surface area contributed by atoms with Crippen LogP contribution in [0.4, 0.5) is 0 Å². The minimum atomic E-state index is -0.355. The van der Waals surface area contributed by atoms with E-state index in [1.165, 1.54) is 6.92 Å². The van der Waals surface area contributed by atoms with E-state index in [9.17, 15) is 9.59 Å². The number of hydrogen-bond donors (Lipinski definition) is 1. The molecule has 0 saturated carbocycles. The first-order valence-corrected chi connectivity index (χ1v) is 6.36. The molecule has 4 nitrogen and oxygen atoms in total. The number of amides is 1. The number of nitrogens with one attached hydrogen (secondary N) is 1. The molecular formula is C16H19NO3. The molecule has 1 amide bonds. The molecule has 0 aliphatic rings. The lowest BCUT2D eigenvalue weighted by atomic mass is 10.0. The number of rotatable bonds is 6. The van der Waals surface area contributed by atoms with Crippen LogP contribution in [0.1, 0.15) is 25.0 Å². The van der Waals surface area contributed by atoms with Crippen molar-refractivity contribution in [3.63, 3.8) is 0 Å². The van der Waals surface area contributed by atoms with Crippen LogP contribution in [0.3, 0.4) is 0 Å². The maximum absolute atomic E-state index is 11.8. The summed E-state index contributed by atoms with van der Waals surface area (Å²) >= 11 is 0. The Labute approximate surface area is 119 Å². The van der Waals surface area contributed by atoms with Crippen molar-refractivity contribution in [2.24, 2.45) is 0 Å². The molecule has 1 rings (SSSR count). The third kappa shape index (κ3) is 5.10. The van der Waals surface area contributed by atoms with Gasteiger partial charge in [-0.25, -0.2) is 0 Å². The van der Waals surface area contributed by atoms with E-state index >= 15 is 0 Å². The Morgan fingerprint density at radius 1 is 1.25 bits per heavy atom. The molecule has 0 aliphatic heterocycles. The standard InChI is InChI=1S/C16H19NO3/c1-4-14-7-5-6-8-15(14)11-12(2)16(19)17-9-10-20-13(3)18/h4-8,11H,1,9-10H2,2-3H3,(H,17,19)/b12-11+. The van der Waals surface area contributed by atoms with Gasteiger partial charge in [0.05, 0.1) is 6.54 Å². The van der Waals surface area contributed by atoms with Crippen LogP contribution < -0.4 is 5.32 Å². The van der Waals surface area contributed by atoms with E-state index in [4.69, 9.17) is 4.74 Å². The average Bonchev–Trinajstić information content (AvgIpc) is 2.43. The van der Waals surface area contributed by atoms with Gasteiger partial charge in [0.25, 0.3) is 0 Å². The summed E-state index contributed by atoms with van der Waals surface area (Å²) in [5, 5.41) is 2.69. The van der Waals surface area contributed by atoms with Crippen molar-refractivity contribution in [1.82, 2.24) is 5.32 Å². The Morgan fingerprint density at radius 3 is 2.50 bits per heavy atom. The summed E-state index contributed by atoms with van der Waals surface area (Å²) in [5.74, 6) is -0.539. The Morgan fingerprint density at radius 2 is 1.90 bits per heavy atom. The quantitative estimate of drug-likeness (QED) is 0.492. The molecule has 0 fully saturated rings. The molecular weight excluding hydrogens is 254 g/mol. The fourth-order valence-corrected chi connectivity index (χ4v) is 1.63. The van der Waals surface area contributed by atoms with Gasteiger partial charge in [-0.3, -0.25) is 9.59 Å². The molecule has 1 aromatic rings. The molecule has 20 heavy (non-hydrogen) atoms. The van der Waals surface area contributed by atoms with E-state index in [1.54, 1.807) is 19.1 Å². The molecule has 1 aromatic carbocycles. The van der Waals surface area contributed by atoms with Crippen molar-refractivity contribution in [1.29, 1.82) is 0 Å². The zero-order valence-electron chi connectivity index (χ0n) is 11.8. The average molecular weight is 273 g/mol. The van der Waals surface area contributed by atoms with Crippen molar-refractivity contribution >= 4 is 24.0 Å². The van der Waals surface area contributed by atoms with E-state index in [0.29, 0.717) is 12.1 Å². The van der Waals surface area contributed by atoms with Gasteiger partial charge in [0, 0.05) is 12.5 Å². The smallest absolute Gasteiger partial charge is 0.302 e. The lowest BCUT2D eigenvalue weighted by molar-refractivity contribution is -0.141. The molecule has 0 saturated heterocycles. The number of benzene rings is 1. The first kappa shape index (κ1) is 15.7. The van der Waals surface area contributed by atoms with Crippen LogP contribution in [0.5, 0.6) is 0 Å². The Hall–Kier alpha value is -2.36. The zero-order valence-corrected chi connectivity index (χ0v) is 11.8. The Kier molecular flexibility index (Phi) is 6.23. The second-order valence-electron chi connectivity index (χ2n) is 4.26. The highest BCUT2D eigenvalue weighted by Crippen LogP contribution is 2.14. The van der Waals surface area contributed by atoms with Crippen LogP contribution in [0.25, 0.3) is 12.2 Å². The highest BCUT2D eigenvalue weighted by atomic mass is 16.5. The van der Waals surface area contributed by atoms with Gasteiger partial charge in [-0.1, -0.05) is 36.9 Å². The molecule has 1 N–H and O–H groups in total. The molecule has 0 aromatic heterocycles. The second kappa shape index (κ2) is 7.94. The molecule has 0 unspecified atom stereocenters. The second-order valence-corrected chi connectivity index (χ2v) is 4.26. The summed E-state index contributed by atoms with van der Waals surface area (Å²) in [7, 11) is 0. The van der Waals surface area contributed by atoms with Crippen molar-refractivity contribution in [2.75, 3.05) is 13.2 Å². The molecule has 0 radical (unpaired) electrons. The molecule has 0 bridgehead atoms. The first-order chi connectivity index (χ1) is 9.54. The maximum Gasteiger partial charge on any atom is 0.302 e. The van der Waals surface area contributed by atoms with E-state index in [2.05, 4.69) is 11.9 Å². The van der Waals surface area contributed by atoms with Gasteiger partial charge in [0.2, 0.25) is 5.91 Å². The SMILES string of the molecule is C=Cc1ccccc1/C=C(\C)C(=O)NCCOC(C)=O. The molecule has 0 spiro atoms. The highest BCUT2D eigenvalue weighted by molar-refractivity contribution is 5.97. The van der Waals surface area contributed by atoms with Crippen LogP contribution in [0.2, 0.25) is 0 Å². The minimum absolute atomic E-state index is 0.178. The fourth-order valence-electron chi connectivity index (χ4n) is 1.63. The minimum Gasteiger partial charge on any atom is -0.464 e. The van der Waals surface area contributed by atoms with Gasteiger partial charge in [0.1, 0.15) is 6.61 Å². The highest BCUT2D eigenvalue weighted by Gasteiger charge is 2.05. The van der Waals surface area contributed by atoms with Crippen molar-refractivity contribution < 1.29 is 14.3 Å². The van der Waals surface area contributed by atoms with Gasteiger partial charge in [-0.05, 0) is 24.1 Å². The number of hydrogen-bond acceptors (Lipinski definition) is 3. The van der Waals surface area contributed by atoms with E-state index in [-0.39, 0.29) is 18.5 Å². The van der Waals surface area contributed by atoms with Gasteiger partial charge < -0.3 is 10.1 Å². The number of carbonyl (C=O) groups is 2. The zero-order chi connectivity index (χ0) is 15.0. The summed E-state index contributed by atoms with van der Waals surface area (Å²) in [6, 6.07) is 7.69. The van der Waals surface area contributed by atoms with Crippen molar-refractivity contribution in [3.05, 3.63) is 47.5 Å². The van der Waals surface area contributed by atoms with E-state index < -0.39 is 0 Å². The topological polar surface area (TPSA) is 55.4 Å². The predicted octanol–water partition coefficient (Wildman–Crippen LogP) is 2.41. The van der Waals surface area contributed by atoms with Crippen LogP contribution >= 0.6 is 0 Å². The largest absolute Gasteiger partial charge is 0.464 e. The number of ether oxygens (including phenoxy) is 1. The van der Waals surface area contributed by atoms with Crippen LogP contribution in [-0.4, -0.2) is 25.0 Å². The van der Waals surface area contributed by atoms with Gasteiger partial charge in [-0.2, -0.15) is 0 Å². The third-order valence-corrected chi connectivity index (χ3v) is 2.64. The summed E-state index contributed by atoms with van der Waals surface area (Å²) in [6.07, 6.45) is 3.55. The molecule has 0 heterocycles. The van der Waals surface area contributed by atoms with Crippen LogP contribution in [0.15, 0.2) is 36.4 Å². The predicted molar refractivity (Wildman–Crippen MR) is 79.8 cm³/mol. The number of esters is 1. The van der Waals surface area contributed by atoms with Gasteiger partial charge in [0.15, 0.2) is 0 Å².